The van der Waals surface area contributed by atoms with Crippen LogP contribution in [0.25, 0.3) is 10.4 Å². The summed E-state index contributed by atoms with van der Waals surface area (Å²) in [5.41, 5.74) is 9.45. The lowest BCUT2D eigenvalue weighted by Gasteiger charge is -1.94. The number of rotatable bonds is 2. The molecule has 1 N–H and O–H groups in total. The number of imide groups is 1. The van der Waals surface area contributed by atoms with E-state index < -0.39 is 5.91 Å². The first kappa shape index (κ1) is 11.7. The van der Waals surface area contributed by atoms with Crippen molar-refractivity contribution in [2.75, 3.05) is 6.54 Å². The average molecular weight is 240 g/mol. The van der Waals surface area contributed by atoms with Crippen molar-refractivity contribution in [2.24, 2.45) is 5.11 Å². The Morgan fingerprint density at radius 3 is 2.83 bits per heavy atom. The second-order valence-electron chi connectivity index (χ2n) is 3.55. The number of amides is 2. The number of nitrogens with one attached hydrogen (secondary N) is 1. The van der Waals surface area contributed by atoms with Crippen LogP contribution in [0.3, 0.4) is 0 Å². The minimum Gasteiger partial charge on any atom is -0.288 e. The van der Waals surface area contributed by atoms with E-state index in [1.807, 2.05) is 0 Å². The standard InChI is InChI=1S/C12H8N4O2/c13-16-14-6-2-1-3-8-4-5-9-10(7-8)12(18)15-11(9)17/h4-5,7H,2,6H2,(H,15,17,18). The van der Waals surface area contributed by atoms with Gasteiger partial charge in [-0.1, -0.05) is 17.0 Å². The molecule has 1 aromatic carbocycles. The van der Waals surface area contributed by atoms with Gasteiger partial charge in [-0.25, -0.2) is 0 Å². The van der Waals surface area contributed by atoms with Gasteiger partial charge in [0, 0.05) is 23.4 Å². The summed E-state index contributed by atoms with van der Waals surface area (Å²) in [4.78, 5) is 25.3. The molecular weight excluding hydrogens is 232 g/mol. The third-order valence-corrected chi connectivity index (χ3v) is 2.37. The monoisotopic (exact) mass is 240 g/mol. The lowest BCUT2D eigenvalue weighted by Crippen LogP contribution is -2.19. The fourth-order valence-electron chi connectivity index (χ4n) is 1.56. The normalized spacial score (nSPS) is 12.0. The van der Waals surface area contributed by atoms with Crippen LogP contribution < -0.4 is 5.32 Å². The molecule has 18 heavy (non-hydrogen) atoms. The lowest BCUT2D eigenvalue weighted by molar-refractivity contribution is 0.0879. The fraction of sp³-hybridized carbons (Fsp3) is 0.167. The van der Waals surface area contributed by atoms with Gasteiger partial charge in [-0.15, -0.1) is 0 Å². The Kier molecular flexibility index (Phi) is 3.28. The van der Waals surface area contributed by atoms with E-state index in [9.17, 15) is 9.59 Å². The molecule has 0 aromatic heterocycles. The molecule has 0 saturated heterocycles. The summed E-state index contributed by atoms with van der Waals surface area (Å²) in [7, 11) is 0. The highest BCUT2D eigenvalue weighted by atomic mass is 16.2. The third-order valence-electron chi connectivity index (χ3n) is 2.37. The maximum atomic E-state index is 11.4. The molecule has 2 amide bonds. The molecule has 0 spiro atoms. The van der Waals surface area contributed by atoms with Crippen molar-refractivity contribution in [1.29, 1.82) is 0 Å². The van der Waals surface area contributed by atoms with Gasteiger partial charge in [-0.2, -0.15) is 0 Å². The van der Waals surface area contributed by atoms with Gasteiger partial charge in [-0.05, 0) is 23.7 Å². The van der Waals surface area contributed by atoms with Crippen LogP contribution >= 0.6 is 0 Å². The first-order valence-electron chi connectivity index (χ1n) is 5.22. The number of carbonyl (C=O) groups is 2. The molecule has 88 valence electrons. The first-order chi connectivity index (χ1) is 8.72. The smallest absolute Gasteiger partial charge is 0.258 e. The van der Waals surface area contributed by atoms with Gasteiger partial charge in [0.05, 0.1) is 11.1 Å². The SMILES string of the molecule is [N-]=[N+]=NCCC#Cc1ccc2c(c1)C(=O)NC2=O. The summed E-state index contributed by atoms with van der Waals surface area (Å²) < 4.78 is 0. The number of hydrogen-bond donors (Lipinski definition) is 1. The summed E-state index contributed by atoms with van der Waals surface area (Å²) >= 11 is 0. The van der Waals surface area contributed by atoms with Gasteiger partial charge in [0.2, 0.25) is 0 Å². The molecule has 0 bridgehead atoms. The molecule has 0 fully saturated rings. The summed E-state index contributed by atoms with van der Waals surface area (Å²) in [5.74, 6) is 4.89. The van der Waals surface area contributed by atoms with E-state index in [1.54, 1.807) is 18.2 Å². The molecule has 2 rings (SSSR count). The predicted octanol–water partition coefficient (Wildman–Crippen LogP) is 1.62. The van der Waals surface area contributed by atoms with E-state index in [2.05, 4.69) is 27.2 Å². The van der Waals surface area contributed by atoms with Gasteiger partial charge in [-0.3, -0.25) is 14.9 Å². The zero-order chi connectivity index (χ0) is 13.0. The molecule has 6 heteroatoms. The third kappa shape index (κ3) is 2.32. The average Bonchev–Trinajstić information content (AvgIpc) is 2.65. The number of hydrogen-bond acceptors (Lipinski definition) is 3. The highest BCUT2D eigenvalue weighted by molar-refractivity contribution is 6.21. The second-order valence-corrected chi connectivity index (χ2v) is 3.55. The zero-order valence-corrected chi connectivity index (χ0v) is 9.30. The van der Waals surface area contributed by atoms with Crippen molar-refractivity contribution in [3.05, 3.63) is 45.3 Å². The van der Waals surface area contributed by atoms with E-state index in [0.29, 0.717) is 29.7 Å². The van der Waals surface area contributed by atoms with Crippen LogP contribution in [0.15, 0.2) is 23.3 Å². The Labute approximate surface area is 103 Å². The Morgan fingerprint density at radius 1 is 1.28 bits per heavy atom. The quantitative estimate of drug-likeness (QED) is 0.212. The summed E-state index contributed by atoms with van der Waals surface area (Å²) in [5, 5.41) is 5.56. The molecule has 1 heterocycles. The number of fused-ring (bicyclic) bond motifs is 1. The number of nitrogens with zero attached hydrogens (tertiary/aromatic N) is 3. The lowest BCUT2D eigenvalue weighted by atomic mass is 10.1. The summed E-state index contributed by atoms with van der Waals surface area (Å²) in [6.45, 7) is 0.313. The molecule has 0 atom stereocenters. The Morgan fingerprint density at radius 2 is 2.06 bits per heavy atom. The van der Waals surface area contributed by atoms with E-state index in [1.165, 1.54) is 0 Å². The van der Waals surface area contributed by atoms with Crippen LogP contribution in [0, 0.1) is 11.8 Å². The Bertz CT molecular complexity index is 633. The molecule has 0 aliphatic carbocycles. The molecule has 0 saturated carbocycles. The van der Waals surface area contributed by atoms with Crippen LogP contribution in [0.1, 0.15) is 32.7 Å². The Balaban J connectivity index is 2.17. The first-order valence-corrected chi connectivity index (χ1v) is 5.22. The number of carbonyl (C=O) groups excluding carboxylic acids is 2. The van der Waals surface area contributed by atoms with Crippen LogP contribution in [0.5, 0.6) is 0 Å². The maximum Gasteiger partial charge on any atom is 0.258 e. The minimum atomic E-state index is -0.396. The molecule has 1 aromatic rings. The van der Waals surface area contributed by atoms with Crippen LogP contribution in [0.4, 0.5) is 0 Å². The molecule has 6 nitrogen and oxygen atoms in total. The van der Waals surface area contributed by atoms with E-state index in [-0.39, 0.29) is 5.91 Å². The van der Waals surface area contributed by atoms with Crippen molar-refractivity contribution >= 4 is 11.8 Å². The van der Waals surface area contributed by atoms with Crippen molar-refractivity contribution in [3.63, 3.8) is 0 Å². The van der Waals surface area contributed by atoms with Crippen LogP contribution in [-0.4, -0.2) is 18.4 Å². The highest BCUT2D eigenvalue weighted by Gasteiger charge is 2.26. The minimum absolute atomic E-state index is 0.313. The Hall–Kier alpha value is -2.77. The molecule has 1 aliphatic rings. The second kappa shape index (κ2) is 5.04. The summed E-state index contributed by atoms with van der Waals surface area (Å²) in [6, 6.07) is 4.83. The van der Waals surface area contributed by atoms with E-state index in [0.717, 1.165) is 0 Å². The molecule has 1 aliphatic heterocycles. The highest BCUT2D eigenvalue weighted by Crippen LogP contribution is 2.16. The predicted molar refractivity (Wildman–Crippen MR) is 63.7 cm³/mol. The van der Waals surface area contributed by atoms with Gasteiger partial charge >= 0.3 is 0 Å². The van der Waals surface area contributed by atoms with Gasteiger partial charge < -0.3 is 0 Å². The molecular formula is C12H8N4O2. The van der Waals surface area contributed by atoms with Crippen molar-refractivity contribution in [1.82, 2.24) is 5.32 Å². The van der Waals surface area contributed by atoms with Crippen molar-refractivity contribution in [2.45, 2.75) is 6.42 Å². The maximum absolute atomic E-state index is 11.4. The zero-order valence-electron chi connectivity index (χ0n) is 9.30. The largest absolute Gasteiger partial charge is 0.288 e. The van der Waals surface area contributed by atoms with Gasteiger partial charge in [0.15, 0.2) is 0 Å². The van der Waals surface area contributed by atoms with Crippen molar-refractivity contribution in [3.8, 4) is 11.8 Å². The van der Waals surface area contributed by atoms with E-state index in [4.69, 9.17) is 5.53 Å². The topological polar surface area (TPSA) is 94.9 Å². The number of azide groups is 1. The van der Waals surface area contributed by atoms with Gasteiger partial charge in [0.1, 0.15) is 0 Å². The summed E-state index contributed by atoms with van der Waals surface area (Å²) in [6.07, 6.45) is 0.451. The molecule has 0 unspecified atom stereocenters. The van der Waals surface area contributed by atoms with E-state index >= 15 is 0 Å². The van der Waals surface area contributed by atoms with Crippen molar-refractivity contribution < 1.29 is 9.59 Å². The van der Waals surface area contributed by atoms with Gasteiger partial charge in [0.25, 0.3) is 11.8 Å². The van der Waals surface area contributed by atoms with Crippen LogP contribution in [-0.2, 0) is 0 Å². The number of benzene rings is 1. The fourth-order valence-corrected chi connectivity index (χ4v) is 1.56. The molecule has 0 radical (unpaired) electrons. The van der Waals surface area contributed by atoms with Crippen LogP contribution in [0.2, 0.25) is 0 Å².